The highest BCUT2D eigenvalue weighted by Crippen LogP contribution is 2.18. The second-order valence-corrected chi connectivity index (χ2v) is 6.55. The van der Waals surface area contributed by atoms with E-state index in [-0.39, 0.29) is 17.4 Å². The fourth-order valence-corrected chi connectivity index (χ4v) is 1.81. The van der Waals surface area contributed by atoms with Gasteiger partial charge in [-0.15, -0.1) is 0 Å². The normalized spacial score (nSPS) is 11.4. The van der Waals surface area contributed by atoms with Gasteiger partial charge < -0.3 is 10.1 Å². The first-order valence-electron chi connectivity index (χ1n) is 7.52. The molecule has 0 saturated carbocycles. The number of pyridine rings is 1. The van der Waals surface area contributed by atoms with Crippen molar-refractivity contribution in [2.75, 3.05) is 5.32 Å². The number of nitrogens with one attached hydrogen (secondary N) is 1. The molecule has 2 heterocycles. The Balaban J connectivity index is 2.04. The molecule has 0 atom stereocenters. The van der Waals surface area contributed by atoms with Crippen LogP contribution in [0.5, 0.6) is 5.88 Å². The summed E-state index contributed by atoms with van der Waals surface area (Å²) in [5.74, 6) is 0.961. The number of hydrogen-bond donors (Lipinski definition) is 1. The molecule has 0 aliphatic carbocycles. The molecule has 2 rings (SSSR count). The maximum atomic E-state index is 12.2. The molecule has 0 spiro atoms. The predicted octanol–water partition coefficient (Wildman–Crippen LogP) is 3.21. The Morgan fingerprint density at radius 2 is 1.74 bits per heavy atom. The summed E-state index contributed by atoms with van der Waals surface area (Å²) < 4.78 is 5.45. The lowest BCUT2D eigenvalue weighted by Crippen LogP contribution is -2.17. The predicted molar refractivity (Wildman–Crippen MR) is 88.7 cm³/mol. The van der Waals surface area contributed by atoms with Crippen molar-refractivity contribution in [2.24, 2.45) is 0 Å². The van der Waals surface area contributed by atoms with E-state index in [9.17, 15) is 4.79 Å². The molecule has 6 heteroatoms. The van der Waals surface area contributed by atoms with Crippen LogP contribution in [0.3, 0.4) is 0 Å². The molecule has 122 valence electrons. The van der Waals surface area contributed by atoms with Gasteiger partial charge in [-0.25, -0.2) is 15.0 Å². The van der Waals surface area contributed by atoms with E-state index in [0.717, 1.165) is 5.82 Å². The van der Waals surface area contributed by atoms with Crippen LogP contribution in [0.2, 0.25) is 0 Å². The zero-order valence-electron chi connectivity index (χ0n) is 14.1. The zero-order chi connectivity index (χ0) is 17.0. The van der Waals surface area contributed by atoms with Crippen LogP contribution in [0, 0.1) is 0 Å². The van der Waals surface area contributed by atoms with Gasteiger partial charge in [0.2, 0.25) is 5.88 Å². The number of anilines is 1. The molecular formula is C17H22N4O2. The van der Waals surface area contributed by atoms with E-state index in [1.54, 1.807) is 24.5 Å². The second-order valence-electron chi connectivity index (χ2n) is 6.55. The molecule has 2 aromatic heterocycles. The first kappa shape index (κ1) is 16.9. The summed E-state index contributed by atoms with van der Waals surface area (Å²) in [5.41, 5.74) is 0.866. The van der Waals surface area contributed by atoms with E-state index in [4.69, 9.17) is 4.74 Å². The summed E-state index contributed by atoms with van der Waals surface area (Å²) in [6.07, 6.45) is 4.74. The number of nitrogens with zero attached hydrogens (tertiary/aromatic N) is 3. The first-order valence-corrected chi connectivity index (χ1v) is 7.52. The van der Waals surface area contributed by atoms with Gasteiger partial charge in [0.15, 0.2) is 0 Å². The van der Waals surface area contributed by atoms with Crippen molar-refractivity contribution in [1.82, 2.24) is 15.0 Å². The minimum atomic E-state index is -0.263. The van der Waals surface area contributed by atoms with Gasteiger partial charge in [-0.1, -0.05) is 20.8 Å². The summed E-state index contributed by atoms with van der Waals surface area (Å²) in [5, 5.41) is 2.75. The molecule has 1 amide bonds. The Labute approximate surface area is 136 Å². The van der Waals surface area contributed by atoms with Crippen LogP contribution in [-0.4, -0.2) is 27.0 Å². The van der Waals surface area contributed by atoms with E-state index in [0.29, 0.717) is 17.1 Å². The van der Waals surface area contributed by atoms with Gasteiger partial charge in [0.05, 0.1) is 29.7 Å². The second kappa shape index (κ2) is 6.73. The summed E-state index contributed by atoms with van der Waals surface area (Å²) in [6.45, 7) is 9.94. The van der Waals surface area contributed by atoms with E-state index < -0.39 is 0 Å². The van der Waals surface area contributed by atoms with Gasteiger partial charge in [-0.05, 0) is 19.9 Å². The zero-order valence-corrected chi connectivity index (χ0v) is 14.1. The Kier molecular flexibility index (Phi) is 4.93. The SMILES string of the molecule is CC(C)Oc1ccc(C(=O)Nc2cnc(C(C)(C)C)nc2)cn1. The third kappa shape index (κ3) is 4.74. The molecule has 0 radical (unpaired) electrons. The Morgan fingerprint density at radius 1 is 1.09 bits per heavy atom. The van der Waals surface area contributed by atoms with Gasteiger partial charge in [-0.3, -0.25) is 4.79 Å². The van der Waals surface area contributed by atoms with Gasteiger partial charge in [0.1, 0.15) is 5.82 Å². The number of rotatable bonds is 4. The lowest BCUT2D eigenvalue weighted by Gasteiger charge is -2.16. The number of carbonyl (C=O) groups is 1. The minimum absolute atomic E-state index is 0.0423. The highest BCUT2D eigenvalue weighted by Gasteiger charge is 2.17. The van der Waals surface area contributed by atoms with Crippen molar-refractivity contribution >= 4 is 11.6 Å². The molecule has 2 aromatic rings. The highest BCUT2D eigenvalue weighted by molar-refractivity contribution is 6.03. The van der Waals surface area contributed by atoms with Gasteiger partial charge in [0.25, 0.3) is 5.91 Å². The van der Waals surface area contributed by atoms with Crippen LogP contribution >= 0.6 is 0 Å². The van der Waals surface area contributed by atoms with Crippen molar-refractivity contribution in [1.29, 1.82) is 0 Å². The van der Waals surface area contributed by atoms with Crippen LogP contribution in [0.1, 0.15) is 50.8 Å². The van der Waals surface area contributed by atoms with E-state index in [1.165, 1.54) is 6.20 Å². The van der Waals surface area contributed by atoms with E-state index in [2.05, 4.69) is 20.3 Å². The minimum Gasteiger partial charge on any atom is -0.475 e. The largest absolute Gasteiger partial charge is 0.475 e. The number of ether oxygens (including phenoxy) is 1. The third-order valence-electron chi connectivity index (χ3n) is 2.94. The summed E-state index contributed by atoms with van der Waals surface area (Å²) >= 11 is 0. The molecule has 0 fully saturated rings. The Bertz CT molecular complexity index is 658. The van der Waals surface area contributed by atoms with Crippen molar-refractivity contribution in [2.45, 2.75) is 46.1 Å². The number of hydrogen-bond acceptors (Lipinski definition) is 5. The lowest BCUT2D eigenvalue weighted by atomic mass is 9.96. The molecule has 0 unspecified atom stereocenters. The van der Waals surface area contributed by atoms with Crippen molar-refractivity contribution in [3.05, 3.63) is 42.1 Å². The van der Waals surface area contributed by atoms with Crippen molar-refractivity contribution < 1.29 is 9.53 Å². The number of aromatic nitrogens is 3. The van der Waals surface area contributed by atoms with Crippen LogP contribution in [0.15, 0.2) is 30.7 Å². The van der Waals surface area contributed by atoms with Crippen LogP contribution < -0.4 is 10.1 Å². The number of amides is 1. The fraction of sp³-hybridized carbons (Fsp3) is 0.412. The van der Waals surface area contributed by atoms with Crippen molar-refractivity contribution in [3.63, 3.8) is 0 Å². The molecule has 6 nitrogen and oxygen atoms in total. The highest BCUT2D eigenvalue weighted by atomic mass is 16.5. The van der Waals surface area contributed by atoms with Gasteiger partial charge in [0, 0.05) is 17.7 Å². The standard InChI is InChI=1S/C17H22N4O2/c1-11(2)23-14-7-6-12(8-18-14)15(22)21-13-9-19-16(20-10-13)17(3,4)5/h6-11H,1-5H3,(H,21,22). The maximum Gasteiger partial charge on any atom is 0.257 e. The third-order valence-corrected chi connectivity index (χ3v) is 2.94. The molecule has 0 aliphatic heterocycles. The van der Waals surface area contributed by atoms with E-state index >= 15 is 0 Å². The maximum absolute atomic E-state index is 12.2. The Morgan fingerprint density at radius 3 is 2.22 bits per heavy atom. The fourth-order valence-electron chi connectivity index (χ4n) is 1.81. The summed E-state index contributed by atoms with van der Waals surface area (Å²) in [7, 11) is 0. The molecule has 1 N–H and O–H groups in total. The quantitative estimate of drug-likeness (QED) is 0.937. The van der Waals surface area contributed by atoms with Crippen LogP contribution in [-0.2, 0) is 5.41 Å². The molecule has 0 bridgehead atoms. The Hall–Kier alpha value is -2.50. The monoisotopic (exact) mass is 314 g/mol. The first-order chi connectivity index (χ1) is 10.8. The number of carbonyl (C=O) groups excluding carboxylic acids is 1. The van der Waals surface area contributed by atoms with Crippen LogP contribution in [0.4, 0.5) is 5.69 Å². The van der Waals surface area contributed by atoms with Gasteiger partial charge >= 0.3 is 0 Å². The summed E-state index contributed by atoms with van der Waals surface area (Å²) in [4.78, 5) is 24.9. The average Bonchev–Trinajstić information content (AvgIpc) is 2.47. The lowest BCUT2D eigenvalue weighted by molar-refractivity contribution is 0.102. The molecule has 0 aliphatic rings. The molecular weight excluding hydrogens is 292 g/mol. The van der Waals surface area contributed by atoms with Crippen molar-refractivity contribution in [3.8, 4) is 5.88 Å². The molecule has 0 aromatic carbocycles. The van der Waals surface area contributed by atoms with Gasteiger partial charge in [-0.2, -0.15) is 0 Å². The van der Waals surface area contributed by atoms with Crippen LogP contribution in [0.25, 0.3) is 0 Å². The smallest absolute Gasteiger partial charge is 0.257 e. The molecule has 0 saturated heterocycles. The van der Waals surface area contributed by atoms with E-state index in [1.807, 2.05) is 34.6 Å². The topological polar surface area (TPSA) is 77.0 Å². The molecule has 23 heavy (non-hydrogen) atoms. The average molecular weight is 314 g/mol. The summed E-state index contributed by atoms with van der Waals surface area (Å²) in [6, 6.07) is 3.35.